The van der Waals surface area contributed by atoms with Gasteiger partial charge in [-0.05, 0) is 30.3 Å². The van der Waals surface area contributed by atoms with Crippen LogP contribution in [0.4, 0.5) is 5.69 Å². The number of fused-ring (bicyclic) bond motifs is 2. The summed E-state index contributed by atoms with van der Waals surface area (Å²) in [6.07, 6.45) is 0.825. The molecular formula is C20H17N3O6S. The van der Waals surface area contributed by atoms with Crippen LogP contribution < -0.4 is 24.3 Å². The number of carbonyl (C=O) groups is 1. The van der Waals surface area contributed by atoms with Crippen molar-refractivity contribution in [1.29, 1.82) is 0 Å². The van der Waals surface area contributed by atoms with Gasteiger partial charge in [-0.15, -0.1) is 10.2 Å². The van der Waals surface area contributed by atoms with Crippen molar-refractivity contribution in [2.45, 2.75) is 11.6 Å². The fourth-order valence-corrected chi connectivity index (χ4v) is 3.54. The van der Waals surface area contributed by atoms with Crippen LogP contribution in [-0.4, -0.2) is 41.9 Å². The van der Waals surface area contributed by atoms with Crippen molar-refractivity contribution in [3.63, 3.8) is 0 Å². The first-order valence-electron chi connectivity index (χ1n) is 9.30. The summed E-state index contributed by atoms with van der Waals surface area (Å²) in [6.45, 7) is 1.40. The van der Waals surface area contributed by atoms with E-state index >= 15 is 0 Å². The highest BCUT2D eigenvalue weighted by molar-refractivity contribution is 7.99. The van der Waals surface area contributed by atoms with E-state index in [1.54, 1.807) is 30.3 Å². The summed E-state index contributed by atoms with van der Waals surface area (Å²) >= 11 is 1.16. The molecule has 9 nitrogen and oxygen atoms in total. The molecule has 0 spiro atoms. The quantitative estimate of drug-likeness (QED) is 0.614. The molecule has 0 bridgehead atoms. The average molecular weight is 427 g/mol. The summed E-state index contributed by atoms with van der Waals surface area (Å²) in [4.78, 5) is 12.3. The predicted octanol–water partition coefficient (Wildman–Crippen LogP) is 3.36. The molecule has 0 radical (unpaired) electrons. The minimum absolute atomic E-state index is 0.122. The number of anilines is 1. The Morgan fingerprint density at radius 3 is 2.63 bits per heavy atom. The number of nitrogens with one attached hydrogen (secondary N) is 1. The molecule has 0 saturated carbocycles. The zero-order chi connectivity index (χ0) is 20.3. The highest BCUT2D eigenvalue weighted by Gasteiger charge is 2.17. The van der Waals surface area contributed by atoms with Gasteiger partial charge in [0.05, 0.1) is 19.0 Å². The second kappa shape index (κ2) is 8.15. The lowest BCUT2D eigenvalue weighted by atomic mass is 10.2. The number of ether oxygens (including phenoxy) is 4. The standard InChI is InChI=1S/C20H17N3O6S/c24-18(21-13-3-5-14-17(9-13)26-7-1-6-25-14)10-30-20-23-22-19(29-20)12-2-4-15-16(8-12)28-11-27-15/h2-5,8-9H,1,6-7,10-11H2,(H,21,24). The molecule has 2 aliphatic rings. The average Bonchev–Trinajstić information content (AvgIpc) is 3.36. The number of thioether (sulfide) groups is 1. The molecule has 10 heteroatoms. The van der Waals surface area contributed by atoms with Crippen molar-refractivity contribution in [2.24, 2.45) is 0 Å². The molecule has 2 aliphatic heterocycles. The summed E-state index contributed by atoms with van der Waals surface area (Å²) in [6, 6.07) is 10.7. The third-order valence-electron chi connectivity index (χ3n) is 4.38. The van der Waals surface area contributed by atoms with Crippen LogP contribution in [0.5, 0.6) is 23.0 Å². The molecule has 2 aromatic carbocycles. The Kier molecular flexibility index (Phi) is 5.06. The molecule has 0 unspecified atom stereocenters. The molecule has 30 heavy (non-hydrogen) atoms. The van der Waals surface area contributed by atoms with E-state index in [1.807, 2.05) is 6.07 Å². The van der Waals surface area contributed by atoms with Gasteiger partial charge in [0.15, 0.2) is 23.0 Å². The Balaban J connectivity index is 1.19. The van der Waals surface area contributed by atoms with Crippen molar-refractivity contribution < 1.29 is 28.2 Å². The normalized spacial score (nSPS) is 14.3. The molecule has 1 N–H and O–H groups in total. The van der Waals surface area contributed by atoms with Crippen LogP contribution in [0, 0.1) is 0 Å². The zero-order valence-electron chi connectivity index (χ0n) is 15.8. The number of amides is 1. The first-order chi connectivity index (χ1) is 14.7. The third-order valence-corrected chi connectivity index (χ3v) is 5.20. The Bertz CT molecular complexity index is 1090. The third kappa shape index (κ3) is 3.99. The van der Waals surface area contributed by atoms with Crippen molar-refractivity contribution in [1.82, 2.24) is 10.2 Å². The van der Waals surface area contributed by atoms with Gasteiger partial charge in [0, 0.05) is 23.7 Å². The van der Waals surface area contributed by atoms with Crippen LogP contribution in [0.2, 0.25) is 0 Å². The van der Waals surface area contributed by atoms with E-state index in [2.05, 4.69) is 15.5 Å². The van der Waals surface area contributed by atoms with Crippen molar-refractivity contribution in [3.8, 4) is 34.5 Å². The van der Waals surface area contributed by atoms with Crippen molar-refractivity contribution in [3.05, 3.63) is 36.4 Å². The number of hydrogen-bond donors (Lipinski definition) is 1. The van der Waals surface area contributed by atoms with Gasteiger partial charge in [0.25, 0.3) is 5.22 Å². The van der Waals surface area contributed by atoms with Gasteiger partial charge < -0.3 is 28.7 Å². The Morgan fingerprint density at radius 2 is 1.70 bits per heavy atom. The van der Waals surface area contributed by atoms with Crippen LogP contribution in [0.3, 0.4) is 0 Å². The summed E-state index contributed by atoms with van der Waals surface area (Å²) in [7, 11) is 0. The van der Waals surface area contributed by atoms with Crippen LogP contribution in [0.15, 0.2) is 46.0 Å². The maximum Gasteiger partial charge on any atom is 0.277 e. The molecule has 1 aromatic heterocycles. The molecule has 0 atom stereocenters. The van der Waals surface area contributed by atoms with E-state index in [4.69, 9.17) is 23.4 Å². The van der Waals surface area contributed by atoms with Crippen LogP contribution >= 0.6 is 11.8 Å². The number of benzene rings is 2. The second-order valence-electron chi connectivity index (χ2n) is 6.49. The molecular weight excluding hydrogens is 410 g/mol. The number of hydrogen-bond acceptors (Lipinski definition) is 9. The van der Waals surface area contributed by atoms with Crippen LogP contribution in [0.1, 0.15) is 6.42 Å². The highest BCUT2D eigenvalue weighted by Crippen LogP contribution is 2.36. The summed E-state index contributed by atoms with van der Waals surface area (Å²) in [5.41, 5.74) is 1.35. The molecule has 1 amide bonds. The largest absolute Gasteiger partial charge is 0.490 e. The Morgan fingerprint density at radius 1 is 0.933 bits per heavy atom. The van der Waals surface area contributed by atoms with Gasteiger partial charge in [-0.25, -0.2) is 0 Å². The first kappa shape index (κ1) is 18.6. The summed E-state index contributed by atoms with van der Waals surface area (Å²) in [5.74, 6) is 2.90. The van der Waals surface area contributed by atoms with Crippen LogP contribution in [0.25, 0.3) is 11.5 Å². The van der Waals surface area contributed by atoms with E-state index in [9.17, 15) is 4.79 Å². The summed E-state index contributed by atoms with van der Waals surface area (Å²) in [5, 5.41) is 11.2. The number of rotatable bonds is 5. The minimum Gasteiger partial charge on any atom is -0.490 e. The van der Waals surface area contributed by atoms with Gasteiger partial charge in [-0.3, -0.25) is 4.79 Å². The molecule has 5 rings (SSSR count). The van der Waals surface area contributed by atoms with E-state index in [-0.39, 0.29) is 18.5 Å². The topological polar surface area (TPSA) is 105 Å². The van der Waals surface area contributed by atoms with E-state index in [0.29, 0.717) is 53.0 Å². The lowest BCUT2D eigenvalue weighted by Gasteiger charge is -2.10. The molecule has 154 valence electrons. The van der Waals surface area contributed by atoms with Gasteiger partial charge in [-0.1, -0.05) is 11.8 Å². The van der Waals surface area contributed by atoms with Gasteiger partial charge in [0.2, 0.25) is 18.6 Å². The van der Waals surface area contributed by atoms with Crippen molar-refractivity contribution in [2.75, 3.05) is 31.1 Å². The number of aromatic nitrogens is 2. The fourth-order valence-electron chi connectivity index (χ4n) is 2.98. The molecule has 0 fully saturated rings. The lowest BCUT2D eigenvalue weighted by Crippen LogP contribution is -2.14. The van der Waals surface area contributed by atoms with E-state index in [1.165, 1.54) is 0 Å². The van der Waals surface area contributed by atoms with Gasteiger partial charge in [-0.2, -0.15) is 0 Å². The Labute approximate surface area is 175 Å². The van der Waals surface area contributed by atoms with Crippen LogP contribution in [-0.2, 0) is 4.79 Å². The maximum atomic E-state index is 12.3. The minimum atomic E-state index is -0.197. The zero-order valence-corrected chi connectivity index (χ0v) is 16.6. The monoisotopic (exact) mass is 427 g/mol. The van der Waals surface area contributed by atoms with Gasteiger partial charge in [0.1, 0.15) is 0 Å². The lowest BCUT2D eigenvalue weighted by molar-refractivity contribution is -0.113. The number of nitrogens with zero attached hydrogens (tertiary/aromatic N) is 2. The molecule has 0 aliphatic carbocycles. The summed E-state index contributed by atoms with van der Waals surface area (Å²) < 4.78 is 27.5. The second-order valence-corrected chi connectivity index (χ2v) is 7.42. The molecule has 3 aromatic rings. The molecule has 0 saturated heterocycles. The van der Waals surface area contributed by atoms with Crippen molar-refractivity contribution >= 4 is 23.4 Å². The fraction of sp³-hybridized carbons (Fsp3) is 0.250. The highest BCUT2D eigenvalue weighted by atomic mass is 32.2. The Hall–Kier alpha value is -3.40. The van der Waals surface area contributed by atoms with E-state index in [0.717, 1.165) is 23.7 Å². The smallest absolute Gasteiger partial charge is 0.277 e. The number of carbonyl (C=O) groups excluding carboxylic acids is 1. The first-order valence-corrected chi connectivity index (χ1v) is 10.3. The van der Waals surface area contributed by atoms with E-state index < -0.39 is 0 Å². The van der Waals surface area contributed by atoms with Gasteiger partial charge >= 0.3 is 0 Å². The predicted molar refractivity (Wildman–Crippen MR) is 107 cm³/mol. The SMILES string of the molecule is O=C(CSc1nnc(-c2ccc3c(c2)OCO3)o1)Nc1ccc2c(c1)OCCCO2. The maximum absolute atomic E-state index is 12.3. The molecule has 3 heterocycles.